The molecule has 1 heterocycles. The molecule has 0 saturated carbocycles. The highest BCUT2D eigenvalue weighted by molar-refractivity contribution is 9.10. The van der Waals surface area contributed by atoms with Crippen LogP contribution in [0.25, 0.3) is 0 Å². The molecular formula is C13H8BrF3N2S. The molecule has 0 unspecified atom stereocenters. The van der Waals surface area contributed by atoms with E-state index < -0.39 is 11.7 Å². The van der Waals surface area contributed by atoms with Gasteiger partial charge < -0.3 is 5.32 Å². The fraction of sp³-hybridized carbons (Fsp3) is 0.154. The molecule has 0 atom stereocenters. The number of hydrogen-bond donors (Lipinski definition) is 1. The molecule has 0 aliphatic heterocycles. The van der Waals surface area contributed by atoms with Gasteiger partial charge in [-0.3, -0.25) is 0 Å². The lowest BCUT2D eigenvalue weighted by Gasteiger charge is -2.11. The topological polar surface area (TPSA) is 35.8 Å². The first-order valence-electron chi connectivity index (χ1n) is 5.48. The predicted molar refractivity (Wildman–Crippen MR) is 75.5 cm³/mol. The van der Waals surface area contributed by atoms with E-state index in [-0.39, 0.29) is 5.56 Å². The number of alkyl halides is 3. The van der Waals surface area contributed by atoms with Gasteiger partial charge in [0.2, 0.25) is 0 Å². The van der Waals surface area contributed by atoms with Gasteiger partial charge in [-0.25, -0.2) is 0 Å². The minimum atomic E-state index is -4.53. The Balaban J connectivity index is 2.19. The normalized spacial score (nSPS) is 11.2. The monoisotopic (exact) mass is 360 g/mol. The molecule has 2 aromatic rings. The van der Waals surface area contributed by atoms with Gasteiger partial charge in [0, 0.05) is 27.0 Å². The first-order valence-corrected chi connectivity index (χ1v) is 7.15. The fourth-order valence-electron chi connectivity index (χ4n) is 1.62. The minimum absolute atomic E-state index is 0.334. The summed E-state index contributed by atoms with van der Waals surface area (Å²) in [5.41, 5.74) is -0.958. The lowest BCUT2D eigenvalue weighted by molar-refractivity contribution is -0.137. The van der Waals surface area contributed by atoms with E-state index >= 15 is 0 Å². The number of thiophene rings is 1. The van der Waals surface area contributed by atoms with E-state index in [1.54, 1.807) is 6.07 Å². The fourth-order valence-corrected chi connectivity index (χ4v) is 3.01. The number of rotatable bonds is 3. The van der Waals surface area contributed by atoms with Crippen molar-refractivity contribution in [1.29, 1.82) is 5.26 Å². The Labute approximate surface area is 126 Å². The zero-order valence-corrected chi connectivity index (χ0v) is 12.4. The van der Waals surface area contributed by atoms with E-state index in [0.717, 1.165) is 15.4 Å². The van der Waals surface area contributed by atoms with Gasteiger partial charge in [-0.1, -0.05) is 0 Å². The van der Waals surface area contributed by atoms with Gasteiger partial charge in [-0.15, -0.1) is 11.3 Å². The zero-order valence-electron chi connectivity index (χ0n) is 9.96. The van der Waals surface area contributed by atoms with Crippen LogP contribution in [-0.2, 0) is 12.7 Å². The van der Waals surface area contributed by atoms with Gasteiger partial charge in [0.1, 0.15) is 0 Å². The van der Waals surface area contributed by atoms with Crippen LogP contribution in [-0.4, -0.2) is 0 Å². The molecule has 0 spiro atoms. The van der Waals surface area contributed by atoms with Crippen molar-refractivity contribution in [3.63, 3.8) is 0 Å². The smallest absolute Gasteiger partial charge is 0.380 e. The van der Waals surface area contributed by atoms with Gasteiger partial charge in [0.05, 0.1) is 17.2 Å². The van der Waals surface area contributed by atoms with E-state index in [0.29, 0.717) is 12.2 Å². The molecule has 20 heavy (non-hydrogen) atoms. The van der Waals surface area contributed by atoms with Gasteiger partial charge in [0.25, 0.3) is 0 Å². The molecule has 1 aromatic carbocycles. The molecule has 2 nitrogen and oxygen atoms in total. The van der Waals surface area contributed by atoms with Crippen LogP contribution in [0.2, 0.25) is 0 Å². The molecule has 7 heteroatoms. The van der Waals surface area contributed by atoms with E-state index in [9.17, 15) is 13.2 Å². The van der Waals surface area contributed by atoms with Gasteiger partial charge in [-0.2, -0.15) is 18.4 Å². The molecule has 104 valence electrons. The summed E-state index contributed by atoms with van der Waals surface area (Å²) in [6.45, 7) is 0.430. The Bertz CT molecular complexity index is 658. The second-order valence-corrected chi connectivity index (χ2v) is 5.87. The second-order valence-electron chi connectivity index (χ2n) is 3.95. The quantitative estimate of drug-likeness (QED) is 0.834. The number of hydrogen-bond acceptors (Lipinski definition) is 3. The molecule has 1 aromatic heterocycles. The van der Waals surface area contributed by atoms with Crippen molar-refractivity contribution in [2.24, 2.45) is 0 Å². The highest BCUT2D eigenvalue weighted by atomic mass is 79.9. The van der Waals surface area contributed by atoms with Crippen molar-refractivity contribution in [2.75, 3.05) is 5.32 Å². The van der Waals surface area contributed by atoms with Crippen molar-refractivity contribution < 1.29 is 13.2 Å². The molecule has 0 radical (unpaired) electrons. The molecule has 1 N–H and O–H groups in total. The lowest BCUT2D eigenvalue weighted by Crippen LogP contribution is -2.09. The van der Waals surface area contributed by atoms with E-state index in [2.05, 4.69) is 21.2 Å². The Morgan fingerprint density at radius 1 is 1.30 bits per heavy atom. The number of nitrogens with zero attached hydrogens (tertiary/aromatic N) is 1. The van der Waals surface area contributed by atoms with Crippen molar-refractivity contribution in [1.82, 2.24) is 0 Å². The van der Waals surface area contributed by atoms with Gasteiger partial charge in [-0.05, 0) is 40.2 Å². The second kappa shape index (κ2) is 5.85. The number of nitrogens with one attached hydrogen (secondary N) is 1. The summed E-state index contributed by atoms with van der Waals surface area (Å²) in [7, 11) is 0. The van der Waals surface area contributed by atoms with Crippen LogP contribution in [0.4, 0.5) is 18.9 Å². The van der Waals surface area contributed by atoms with Crippen molar-refractivity contribution in [2.45, 2.75) is 12.7 Å². The molecule has 0 saturated heterocycles. The lowest BCUT2D eigenvalue weighted by atomic mass is 10.1. The standard InChI is InChI=1S/C13H8BrF3N2S/c14-9-3-11(20-7-9)6-19-10-2-1-8(5-18)12(4-10)13(15,16)17/h1-4,7,19H,6H2. The molecular weight excluding hydrogens is 353 g/mol. The molecule has 0 aliphatic rings. The van der Waals surface area contributed by atoms with Crippen molar-refractivity contribution in [3.8, 4) is 6.07 Å². The largest absolute Gasteiger partial charge is 0.417 e. The summed E-state index contributed by atoms with van der Waals surface area (Å²) >= 11 is 4.82. The SMILES string of the molecule is N#Cc1ccc(NCc2cc(Br)cs2)cc1C(F)(F)F. The van der Waals surface area contributed by atoms with Crippen molar-refractivity contribution in [3.05, 3.63) is 50.1 Å². The Morgan fingerprint density at radius 3 is 2.60 bits per heavy atom. The van der Waals surface area contributed by atoms with Crippen LogP contribution in [0.15, 0.2) is 34.1 Å². The number of nitriles is 1. The Morgan fingerprint density at radius 2 is 2.05 bits per heavy atom. The third kappa shape index (κ3) is 3.52. The van der Waals surface area contributed by atoms with E-state index in [4.69, 9.17) is 5.26 Å². The maximum absolute atomic E-state index is 12.8. The molecule has 0 fully saturated rings. The van der Waals surface area contributed by atoms with E-state index in [1.165, 1.54) is 23.5 Å². The number of anilines is 1. The molecule has 2 rings (SSSR count). The van der Waals surface area contributed by atoms with Gasteiger partial charge in [0.15, 0.2) is 0 Å². The van der Waals surface area contributed by atoms with Crippen LogP contribution in [0, 0.1) is 11.3 Å². The van der Waals surface area contributed by atoms with Crippen LogP contribution in [0.1, 0.15) is 16.0 Å². The molecule has 0 amide bonds. The third-order valence-corrected chi connectivity index (χ3v) is 4.23. The highest BCUT2D eigenvalue weighted by Gasteiger charge is 2.33. The Kier molecular flexibility index (Phi) is 4.35. The minimum Gasteiger partial charge on any atom is -0.380 e. The number of benzene rings is 1. The summed E-state index contributed by atoms with van der Waals surface area (Å²) in [6.07, 6.45) is -4.53. The first kappa shape index (κ1) is 14.9. The van der Waals surface area contributed by atoms with Crippen LogP contribution in [0.3, 0.4) is 0 Å². The summed E-state index contributed by atoms with van der Waals surface area (Å²) in [5.74, 6) is 0. The third-order valence-electron chi connectivity index (χ3n) is 2.53. The maximum Gasteiger partial charge on any atom is 0.417 e. The van der Waals surface area contributed by atoms with Crippen molar-refractivity contribution >= 4 is 33.0 Å². The molecule has 0 bridgehead atoms. The molecule has 0 aliphatic carbocycles. The van der Waals surface area contributed by atoms with Gasteiger partial charge >= 0.3 is 6.18 Å². The first-order chi connectivity index (χ1) is 9.40. The van der Waals surface area contributed by atoms with Crippen LogP contribution in [0.5, 0.6) is 0 Å². The maximum atomic E-state index is 12.8. The average Bonchev–Trinajstić information content (AvgIpc) is 2.81. The predicted octanol–water partition coefficient (Wildman–Crippen LogP) is 5.01. The Hall–Kier alpha value is -1.52. The summed E-state index contributed by atoms with van der Waals surface area (Å²) < 4.78 is 39.3. The summed E-state index contributed by atoms with van der Waals surface area (Å²) in [4.78, 5) is 0.995. The average molecular weight is 361 g/mol. The number of halogens is 4. The summed E-state index contributed by atoms with van der Waals surface area (Å²) in [6, 6.07) is 7.05. The van der Waals surface area contributed by atoms with Crippen LogP contribution >= 0.6 is 27.3 Å². The van der Waals surface area contributed by atoms with Crippen LogP contribution < -0.4 is 5.32 Å². The zero-order chi connectivity index (χ0) is 14.8. The summed E-state index contributed by atoms with van der Waals surface area (Å²) in [5, 5.41) is 13.5. The van der Waals surface area contributed by atoms with E-state index in [1.807, 2.05) is 11.4 Å². The highest BCUT2D eigenvalue weighted by Crippen LogP contribution is 2.33.